The van der Waals surface area contributed by atoms with Crippen molar-refractivity contribution >= 4 is 5.69 Å². The molecule has 0 heterocycles. The smallest absolute Gasteiger partial charge is 0.270 e. The van der Waals surface area contributed by atoms with Crippen molar-refractivity contribution in [1.82, 2.24) is 5.32 Å². The van der Waals surface area contributed by atoms with E-state index in [1.54, 1.807) is 18.2 Å². The Morgan fingerprint density at radius 3 is 2.75 bits per heavy atom. The number of non-ortho nitro benzene ring substituents is 1. The molecule has 0 aliphatic carbocycles. The topological polar surface area (TPSA) is 55.2 Å². The zero-order valence-corrected chi connectivity index (χ0v) is 11.1. The fraction of sp³-hybridized carbons (Fsp3) is 0.200. The fourth-order valence-corrected chi connectivity index (χ4v) is 2.02. The van der Waals surface area contributed by atoms with Gasteiger partial charge in [0.05, 0.1) is 4.92 Å². The maximum Gasteiger partial charge on any atom is 0.270 e. The van der Waals surface area contributed by atoms with Gasteiger partial charge in [-0.15, -0.1) is 0 Å². The summed E-state index contributed by atoms with van der Waals surface area (Å²) in [6.07, 6.45) is 0. The normalized spacial score (nSPS) is 10.5. The molecule has 0 radical (unpaired) electrons. The lowest BCUT2D eigenvalue weighted by molar-refractivity contribution is -0.384. The molecule has 0 saturated carbocycles. The van der Waals surface area contributed by atoms with E-state index in [4.69, 9.17) is 0 Å². The van der Waals surface area contributed by atoms with Crippen molar-refractivity contribution in [2.45, 2.75) is 13.5 Å². The molecule has 0 atom stereocenters. The van der Waals surface area contributed by atoms with Gasteiger partial charge < -0.3 is 5.32 Å². The third-order valence-corrected chi connectivity index (χ3v) is 3.01. The molecule has 0 bridgehead atoms. The fourth-order valence-electron chi connectivity index (χ4n) is 2.02. The highest BCUT2D eigenvalue weighted by atomic mass is 19.1. The summed E-state index contributed by atoms with van der Waals surface area (Å²) in [7, 11) is 0. The number of nitrogens with one attached hydrogen (secondary N) is 1. The van der Waals surface area contributed by atoms with Gasteiger partial charge in [0.15, 0.2) is 0 Å². The van der Waals surface area contributed by atoms with Crippen LogP contribution in [0, 0.1) is 15.9 Å². The molecule has 0 amide bonds. The molecule has 0 spiro atoms. The molecule has 0 aliphatic heterocycles. The van der Waals surface area contributed by atoms with Gasteiger partial charge in [-0.05, 0) is 35.4 Å². The summed E-state index contributed by atoms with van der Waals surface area (Å²) < 4.78 is 13.5. The summed E-state index contributed by atoms with van der Waals surface area (Å²) in [5, 5.41) is 14.0. The third-order valence-electron chi connectivity index (χ3n) is 3.01. The second-order valence-corrected chi connectivity index (χ2v) is 4.39. The standard InChI is InChI=1S/C15H15FN2O2/c1-2-17-10-12-6-7-13(16)9-15(12)11-4-3-5-14(8-11)18(19)20/h3-9,17H,2,10H2,1H3. The first kappa shape index (κ1) is 14.1. The first-order valence-corrected chi connectivity index (χ1v) is 6.35. The number of rotatable bonds is 5. The van der Waals surface area contributed by atoms with E-state index in [0.717, 1.165) is 12.1 Å². The second kappa shape index (κ2) is 6.25. The van der Waals surface area contributed by atoms with Crippen molar-refractivity contribution in [2.24, 2.45) is 0 Å². The third kappa shape index (κ3) is 3.19. The Morgan fingerprint density at radius 2 is 2.05 bits per heavy atom. The summed E-state index contributed by atoms with van der Waals surface area (Å²) in [6.45, 7) is 3.37. The average Bonchev–Trinajstić information content (AvgIpc) is 2.46. The Labute approximate surface area is 116 Å². The summed E-state index contributed by atoms with van der Waals surface area (Å²) in [5.74, 6) is -0.355. The zero-order valence-electron chi connectivity index (χ0n) is 11.1. The molecule has 0 aromatic heterocycles. The van der Waals surface area contributed by atoms with E-state index in [1.807, 2.05) is 6.92 Å². The highest BCUT2D eigenvalue weighted by Crippen LogP contribution is 2.27. The minimum Gasteiger partial charge on any atom is -0.313 e. The number of nitrogens with zero attached hydrogens (tertiary/aromatic N) is 1. The number of nitro groups is 1. The Bertz CT molecular complexity index is 629. The van der Waals surface area contributed by atoms with E-state index in [1.165, 1.54) is 24.3 Å². The molecular weight excluding hydrogens is 259 g/mol. The van der Waals surface area contributed by atoms with Crippen LogP contribution < -0.4 is 5.32 Å². The van der Waals surface area contributed by atoms with E-state index < -0.39 is 4.92 Å². The second-order valence-electron chi connectivity index (χ2n) is 4.39. The Hall–Kier alpha value is -2.27. The summed E-state index contributed by atoms with van der Waals surface area (Å²) in [6, 6.07) is 10.7. The van der Waals surface area contributed by atoms with Crippen molar-refractivity contribution < 1.29 is 9.31 Å². The highest BCUT2D eigenvalue weighted by Gasteiger charge is 2.11. The summed E-state index contributed by atoms with van der Waals surface area (Å²) in [5.41, 5.74) is 2.23. The molecule has 2 aromatic carbocycles. The predicted molar refractivity (Wildman–Crippen MR) is 75.9 cm³/mol. The number of hydrogen-bond acceptors (Lipinski definition) is 3. The lowest BCUT2D eigenvalue weighted by atomic mass is 9.99. The van der Waals surface area contributed by atoms with E-state index >= 15 is 0 Å². The van der Waals surface area contributed by atoms with Crippen LogP contribution >= 0.6 is 0 Å². The van der Waals surface area contributed by atoms with Gasteiger partial charge in [0.2, 0.25) is 0 Å². The van der Waals surface area contributed by atoms with Gasteiger partial charge in [-0.2, -0.15) is 0 Å². The molecule has 0 unspecified atom stereocenters. The summed E-state index contributed by atoms with van der Waals surface area (Å²) in [4.78, 5) is 10.4. The van der Waals surface area contributed by atoms with Crippen molar-refractivity contribution in [3.63, 3.8) is 0 Å². The first-order valence-electron chi connectivity index (χ1n) is 6.35. The Kier molecular flexibility index (Phi) is 4.42. The number of halogens is 1. The van der Waals surface area contributed by atoms with Crippen LogP contribution in [0.15, 0.2) is 42.5 Å². The van der Waals surface area contributed by atoms with Gasteiger partial charge >= 0.3 is 0 Å². The van der Waals surface area contributed by atoms with Crippen LogP contribution in [-0.2, 0) is 6.54 Å². The quantitative estimate of drug-likeness (QED) is 0.670. The molecule has 0 fully saturated rings. The maximum atomic E-state index is 13.5. The van der Waals surface area contributed by atoms with Crippen molar-refractivity contribution in [3.8, 4) is 11.1 Å². The van der Waals surface area contributed by atoms with Crippen LogP contribution in [-0.4, -0.2) is 11.5 Å². The van der Waals surface area contributed by atoms with Crippen molar-refractivity contribution in [2.75, 3.05) is 6.54 Å². The molecule has 4 nitrogen and oxygen atoms in total. The Morgan fingerprint density at radius 1 is 1.25 bits per heavy atom. The SMILES string of the molecule is CCNCc1ccc(F)cc1-c1cccc([N+](=O)[O-])c1. The monoisotopic (exact) mass is 274 g/mol. The molecule has 20 heavy (non-hydrogen) atoms. The molecule has 0 aliphatic rings. The van der Waals surface area contributed by atoms with Crippen LogP contribution in [0.5, 0.6) is 0 Å². The van der Waals surface area contributed by atoms with Gasteiger partial charge in [-0.1, -0.05) is 25.1 Å². The van der Waals surface area contributed by atoms with Crippen LogP contribution in [0.3, 0.4) is 0 Å². The van der Waals surface area contributed by atoms with E-state index in [9.17, 15) is 14.5 Å². The number of hydrogen-bond donors (Lipinski definition) is 1. The molecular formula is C15H15FN2O2. The first-order chi connectivity index (χ1) is 9.61. The van der Waals surface area contributed by atoms with Crippen LogP contribution in [0.2, 0.25) is 0 Å². The van der Waals surface area contributed by atoms with E-state index in [-0.39, 0.29) is 11.5 Å². The highest BCUT2D eigenvalue weighted by molar-refractivity contribution is 5.69. The molecule has 104 valence electrons. The number of benzene rings is 2. The van der Waals surface area contributed by atoms with E-state index in [2.05, 4.69) is 5.32 Å². The minimum atomic E-state index is -0.452. The zero-order chi connectivity index (χ0) is 14.5. The Balaban J connectivity index is 2.47. The van der Waals surface area contributed by atoms with Crippen molar-refractivity contribution in [1.29, 1.82) is 0 Å². The van der Waals surface area contributed by atoms with Crippen LogP contribution in [0.4, 0.5) is 10.1 Å². The molecule has 2 aromatic rings. The van der Waals surface area contributed by atoms with Crippen molar-refractivity contribution in [3.05, 3.63) is 64.0 Å². The molecule has 5 heteroatoms. The van der Waals surface area contributed by atoms with Gasteiger partial charge in [0.25, 0.3) is 5.69 Å². The van der Waals surface area contributed by atoms with Gasteiger partial charge in [-0.25, -0.2) is 4.39 Å². The van der Waals surface area contributed by atoms with Crippen LogP contribution in [0.25, 0.3) is 11.1 Å². The van der Waals surface area contributed by atoms with Crippen LogP contribution in [0.1, 0.15) is 12.5 Å². The molecule has 2 rings (SSSR count). The number of nitro benzene ring substituents is 1. The van der Waals surface area contributed by atoms with Gasteiger partial charge in [-0.3, -0.25) is 10.1 Å². The molecule has 1 N–H and O–H groups in total. The maximum absolute atomic E-state index is 13.5. The lowest BCUT2D eigenvalue weighted by Crippen LogP contribution is -2.12. The van der Waals surface area contributed by atoms with Gasteiger partial charge in [0, 0.05) is 18.7 Å². The average molecular weight is 274 g/mol. The largest absolute Gasteiger partial charge is 0.313 e. The van der Waals surface area contributed by atoms with E-state index in [0.29, 0.717) is 17.7 Å². The predicted octanol–water partition coefficient (Wildman–Crippen LogP) is 3.51. The molecule has 0 saturated heterocycles. The van der Waals surface area contributed by atoms with Gasteiger partial charge in [0.1, 0.15) is 5.82 Å². The summed E-state index contributed by atoms with van der Waals surface area (Å²) >= 11 is 0. The lowest BCUT2D eigenvalue weighted by Gasteiger charge is -2.10. The minimum absolute atomic E-state index is 0.00108.